The first-order chi connectivity index (χ1) is 9.78. The molecule has 2 heterocycles. The van der Waals surface area contributed by atoms with Gasteiger partial charge in [-0.15, -0.1) is 4.99 Å². The Hall–Kier alpha value is -2.35. The molecule has 5 nitrogen and oxygen atoms in total. The maximum absolute atomic E-state index is 11.6. The predicted molar refractivity (Wildman–Crippen MR) is 73.0 cm³/mol. The van der Waals surface area contributed by atoms with Crippen molar-refractivity contribution in [2.75, 3.05) is 0 Å². The largest absolute Gasteiger partial charge is 0.425 e. The molecule has 0 amide bonds. The van der Waals surface area contributed by atoms with E-state index < -0.39 is 0 Å². The molecule has 2 unspecified atom stereocenters. The van der Waals surface area contributed by atoms with Crippen molar-refractivity contribution in [3.63, 3.8) is 0 Å². The number of aliphatic imine (C=N–C) groups is 1. The van der Waals surface area contributed by atoms with Crippen molar-refractivity contribution in [1.82, 2.24) is 4.90 Å². The molecule has 0 radical (unpaired) electrons. The van der Waals surface area contributed by atoms with Crippen LogP contribution in [0.3, 0.4) is 0 Å². The van der Waals surface area contributed by atoms with E-state index in [0.717, 1.165) is 12.8 Å². The van der Waals surface area contributed by atoms with Gasteiger partial charge in [-0.05, 0) is 25.0 Å². The summed E-state index contributed by atoms with van der Waals surface area (Å²) in [6, 6.07) is 9.85. The summed E-state index contributed by atoms with van der Waals surface area (Å²) < 4.78 is 5.75. The number of nitriles is 1. The fourth-order valence-corrected chi connectivity index (χ4v) is 3.05. The number of carbonyl (C=O) groups is 1. The normalized spacial score (nSPS) is 25.4. The summed E-state index contributed by atoms with van der Waals surface area (Å²) in [7, 11) is 0. The Morgan fingerprint density at radius 1 is 1.25 bits per heavy atom. The number of piperidine rings is 1. The predicted octanol–water partition coefficient (Wildman–Crippen LogP) is 2.10. The second kappa shape index (κ2) is 5.33. The number of amidine groups is 1. The highest BCUT2D eigenvalue weighted by molar-refractivity contribution is 5.85. The minimum absolute atomic E-state index is 0.122. The number of carbonyl (C=O) groups excluding carboxylic acids is 1. The van der Waals surface area contributed by atoms with E-state index in [0.29, 0.717) is 30.4 Å². The number of Topliss-reactive ketones (excluding diaryl/α,β-unsaturated/α-hetero) is 1. The van der Waals surface area contributed by atoms with Crippen LogP contribution in [0.5, 0.6) is 5.75 Å². The van der Waals surface area contributed by atoms with E-state index in [1.54, 1.807) is 6.19 Å². The molecule has 3 rings (SSSR count). The number of hydrogen-bond donors (Lipinski definition) is 0. The molecule has 2 atom stereocenters. The number of nitrogens with zero attached hydrogens (tertiary/aromatic N) is 3. The lowest BCUT2D eigenvalue weighted by molar-refractivity contribution is -0.122. The van der Waals surface area contributed by atoms with Gasteiger partial charge in [0.15, 0.2) is 0 Å². The minimum Gasteiger partial charge on any atom is -0.425 e. The lowest BCUT2D eigenvalue weighted by atomic mass is 10.0. The van der Waals surface area contributed by atoms with Crippen molar-refractivity contribution in [3.8, 4) is 11.9 Å². The van der Waals surface area contributed by atoms with E-state index in [4.69, 9.17) is 10.00 Å². The van der Waals surface area contributed by atoms with Gasteiger partial charge in [0.05, 0.1) is 0 Å². The Bertz CT molecular complexity index is 561. The van der Waals surface area contributed by atoms with Crippen LogP contribution in [0, 0.1) is 11.5 Å². The molecular formula is C15H15N3O2. The summed E-state index contributed by atoms with van der Waals surface area (Å²) in [6.07, 6.45) is 4.77. The van der Waals surface area contributed by atoms with Crippen LogP contribution in [-0.2, 0) is 4.79 Å². The van der Waals surface area contributed by atoms with Crippen molar-refractivity contribution in [1.29, 1.82) is 5.26 Å². The molecule has 0 N–H and O–H groups in total. The maximum Gasteiger partial charge on any atom is 0.308 e. The van der Waals surface area contributed by atoms with Gasteiger partial charge >= 0.3 is 6.02 Å². The van der Waals surface area contributed by atoms with Crippen molar-refractivity contribution in [2.45, 2.75) is 37.8 Å². The number of ketones is 1. The van der Waals surface area contributed by atoms with E-state index in [1.807, 2.05) is 35.2 Å². The van der Waals surface area contributed by atoms with Crippen LogP contribution in [0.25, 0.3) is 0 Å². The number of hydrogen-bond acceptors (Lipinski definition) is 4. The monoisotopic (exact) mass is 269 g/mol. The number of benzene rings is 1. The summed E-state index contributed by atoms with van der Waals surface area (Å²) in [5.74, 6) is 0.947. The maximum atomic E-state index is 11.6. The zero-order chi connectivity index (χ0) is 13.9. The molecule has 20 heavy (non-hydrogen) atoms. The second-order valence-electron chi connectivity index (χ2n) is 5.15. The van der Waals surface area contributed by atoms with Crippen LogP contribution >= 0.6 is 0 Å². The topological polar surface area (TPSA) is 65.7 Å². The molecule has 2 saturated heterocycles. The third-order valence-electron chi connectivity index (χ3n) is 3.87. The number of rotatable bonds is 1. The molecule has 0 saturated carbocycles. The van der Waals surface area contributed by atoms with Crippen LogP contribution in [0.15, 0.2) is 35.3 Å². The standard InChI is InChI=1S/C15H15N3O2/c16-10-17-15(20-14-4-2-1-3-5-14)18-11-6-7-12(18)9-13(19)8-11/h1-5,11-12H,6-9H2. The Labute approximate surface area is 117 Å². The molecule has 102 valence electrons. The first kappa shape index (κ1) is 12.7. The first-order valence-corrected chi connectivity index (χ1v) is 6.77. The van der Waals surface area contributed by atoms with Crippen LogP contribution in [0.4, 0.5) is 0 Å². The molecule has 2 fully saturated rings. The quantitative estimate of drug-likeness (QED) is 0.445. The molecule has 0 aromatic heterocycles. The number of para-hydroxylation sites is 1. The summed E-state index contributed by atoms with van der Waals surface area (Å²) in [5, 5.41) is 8.88. The van der Waals surface area contributed by atoms with Gasteiger partial charge in [0, 0.05) is 24.9 Å². The Morgan fingerprint density at radius 3 is 2.50 bits per heavy atom. The smallest absolute Gasteiger partial charge is 0.308 e. The highest BCUT2D eigenvalue weighted by Crippen LogP contribution is 2.34. The van der Waals surface area contributed by atoms with E-state index >= 15 is 0 Å². The molecule has 2 bridgehead atoms. The number of fused-ring (bicyclic) bond motifs is 2. The van der Waals surface area contributed by atoms with E-state index in [-0.39, 0.29) is 12.1 Å². The van der Waals surface area contributed by atoms with Crippen molar-refractivity contribution in [3.05, 3.63) is 30.3 Å². The third-order valence-corrected chi connectivity index (χ3v) is 3.87. The molecule has 1 aromatic rings. The fourth-order valence-electron chi connectivity index (χ4n) is 3.05. The van der Waals surface area contributed by atoms with Crippen molar-refractivity contribution in [2.24, 2.45) is 4.99 Å². The highest BCUT2D eigenvalue weighted by atomic mass is 16.5. The lowest BCUT2D eigenvalue weighted by Crippen LogP contribution is -2.48. The molecule has 2 aliphatic heterocycles. The van der Waals surface area contributed by atoms with Crippen molar-refractivity contribution < 1.29 is 9.53 Å². The van der Waals surface area contributed by atoms with Crippen LogP contribution in [0.2, 0.25) is 0 Å². The Balaban J connectivity index is 1.84. The fraction of sp³-hybridized carbons (Fsp3) is 0.400. The average Bonchev–Trinajstić information content (AvgIpc) is 2.71. The Morgan fingerprint density at radius 2 is 1.90 bits per heavy atom. The van der Waals surface area contributed by atoms with Crippen molar-refractivity contribution >= 4 is 11.8 Å². The molecular weight excluding hydrogens is 254 g/mol. The molecule has 0 aliphatic carbocycles. The first-order valence-electron chi connectivity index (χ1n) is 6.77. The van der Waals surface area contributed by atoms with Gasteiger partial charge in [-0.3, -0.25) is 4.79 Å². The van der Waals surface area contributed by atoms with Gasteiger partial charge in [0.25, 0.3) is 0 Å². The second-order valence-corrected chi connectivity index (χ2v) is 5.15. The Kier molecular flexibility index (Phi) is 3.38. The van der Waals surface area contributed by atoms with Gasteiger partial charge in [0.1, 0.15) is 11.5 Å². The van der Waals surface area contributed by atoms with Crippen LogP contribution < -0.4 is 4.74 Å². The molecule has 5 heteroatoms. The highest BCUT2D eigenvalue weighted by Gasteiger charge is 2.42. The zero-order valence-electron chi connectivity index (χ0n) is 11.0. The van der Waals surface area contributed by atoms with E-state index in [1.165, 1.54) is 0 Å². The third kappa shape index (κ3) is 2.37. The lowest BCUT2D eigenvalue weighted by Gasteiger charge is -2.34. The molecule has 2 aliphatic rings. The molecule has 1 aromatic carbocycles. The SMILES string of the molecule is N#CN=C(Oc1ccccc1)N1C2CCC1CC(=O)C2. The van der Waals surface area contributed by atoms with E-state index in [9.17, 15) is 4.79 Å². The van der Waals surface area contributed by atoms with Crippen LogP contribution in [-0.4, -0.2) is 28.8 Å². The summed E-state index contributed by atoms with van der Waals surface area (Å²) in [6.45, 7) is 0. The van der Waals surface area contributed by atoms with Gasteiger partial charge in [-0.1, -0.05) is 18.2 Å². The molecule has 0 spiro atoms. The van der Waals surface area contributed by atoms with Crippen LogP contribution in [0.1, 0.15) is 25.7 Å². The van der Waals surface area contributed by atoms with E-state index in [2.05, 4.69) is 4.99 Å². The van der Waals surface area contributed by atoms with Gasteiger partial charge in [-0.2, -0.15) is 5.26 Å². The summed E-state index contributed by atoms with van der Waals surface area (Å²) in [4.78, 5) is 17.5. The zero-order valence-corrected chi connectivity index (χ0v) is 11.0. The van der Waals surface area contributed by atoms with Gasteiger partial charge in [0.2, 0.25) is 6.19 Å². The minimum atomic E-state index is 0.122. The average molecular weight is 269 g/mol. The summed E-state index contributed by atoms with van der Waals surface area (Å²) in [5.41, 5.74) is 0. The van der Waals surface area contributed by atoms with Gasteiger partial charge < -0.3 is 9.64 Å². The number of ether oxygens (including phenoxy) is 1. The van der Waals surface area contributed by atoms with Gasteiger partial charge in [-0.25, -0.2) is 0 Å². The summed E-state index contributed by atoms with van der Waals surface area (Å²) >= 11 is 0.